The van der Waals surface area contributed by atoms with Gasteiger partial charge < -0.3 is 10.6 Å². The van der Waals surface area contributed by atoms with Crippen LogP contribution in [0.15, 0.2) is 29.2 Å². The molecule has 3 nitrogen and oxygen atoms in total. The Morgan fingerprint density at radius 2 is 1.84 bits per heavy atom. The van der Waals surface area contributed by atoms with Gasteiger partial charge in [-0.25, -0.2) is 0 Å². The molecule has 0 aliphatic heterocycles. The molecule has 0 aliphatic carbocycles. The molecule has 0 fully saturated rings. The SMILES string of the molecule is CNC(=O)C(C)Sc1ccc(CNC(C)(C)C)cc1. The van der Waals surface area contributed by atoms with E-state index >= 15 is 0 Å². The standard InChI is InChI=1S/C15H24N2OS/c1-11(14(18)16-5)19-13-8-6-12(7-9-13)10-17-15(2,3)4/h6-9,11,17H,10H2,1-5H3,(H,16,18). The minimum absolute atomic E-state index is 0.0588. The maximum absolute atomic E-state index is 11.5. The molecule has 4 heteroatoms. The van der Waals surface area contributed by atoms with Crippen molar-refractivity contribution in [1.82, 2.24) is 10.6 Å². The summed E-state index contributed by atoms with van der Waals surface area (Å²) in [7, 11) is 1.67. The van der Waals surface area contributed by atoms with Crippen molar-refractivity contribution in [3.8, 4) is 0 Å². The Morgan fingerprint density at radius 3 is 2.32 bits per heavy atom. The molecule has 1 amide bonds. The van der Waals surface area contributed by atoms with Crippen molar-refractivity contribution in [2.45, 2.75) is 49.9 Å². The molecule has 0 aromatic heterocycles. The van der Waals surface area contributed by atoms with Crippen LogP contribution in [0.5, 0.6) is 0 Å². The van der Waals surface area contributed by atoms with Crippen LogP contribution in [0.1, 0.15) is 33.3 Å². The lowest BCUT2D eigenvalue weighted by atomic mass is 10.1. The third-order valence-corrected chi connectivity index (χ3v) is 3.79. The molecule has 2 N–H and O–H groups in total. The quantitative estimate of drug-likeness (QED) is 0.815. The van der Waals surface area contributed by atoms with E-state index < -0.39 is 0 Å². The monoisotopic (exact) mass is 280 g/mol. The van der Waals surface area contributed by atoms with Crippen LogP contribution in [0, 0.1) is 0 Å². The summed E-state index contributed by atoms with van der Waals surface area (Å²) in [5.41, 5.74) is 1.38. The number of amides is 1. The van der Waals surface area contributed by atoms with E-state index in [1.54, 1.807) is 18.8 Å². The van der Waals surface area contributed by atoms with Crippen LogP contribution in [0.3, 0.4) is 0 Å². The first kappa shape index (κ1) is 16.1. The zero-order valence-electron chi connectivity index (χ0n) is 12.4. The van der Waals surface area contributed by atoms with E-state index in [4.69, 9.17) is 0 Å². The third-order valence-electron chi connectivity index (χ3n) is 2.67. The van der Waals surface area contributed by atoms with Gasteiger partial charge >= 0.3 is 0 Å². The second kappa shape index (κ2) is 6.96. The summed E-state index contributed by atoms with van der Waals surface area (Å²) < 4.78 is 0. The Balaban J connectivity index is 2.54. The maximum atomic E-state index is 11.5. The van der Waals surface area contributed by atoms with Gasteiger partial charge in [0.2, 0.25) is 5.91 Å². The van der Waals surface area contributed by atoms with E-state index in [0.717, 1.165) is 11.4 Å². The first-order valence-electron chi connectivity index (χ1n) is 6.54. The summed E-state index contributed by atoms with van der Waals surface area (Å²) in [5, 5.41) is 6.05. The molecular weight excluding hydrogens is 256 g/mol. The smallest absolute Gasteiger partial charge is 0.232 e. The number of carbonyl (C=O) groups is 1. The number of hydrogen-bond donors (Lipinski definition) is 2. The van der Waals surface area contributed by atoms with E-state index in [1.807, 2.05) is 6.92 Å². The zero-order chi connectivity index (χ0) is 14.5. The minimum atomic E-state index is -0.0662. The Kier molecular flexibility index (Phi) is 5.88. The predicted molar refractivity (Wildman–Crippen MR) is 82.4 cm³/mol. The molecule has 0 aliphatic rings. The number of thioether (sulfide) groups is 1. The molecule has 1 aromatic carbocycles. The van der Waals surface area contributed by atoms with E-state index in [2.05, 4.69) is 55.7 Å². The van der Waals surface area contributed by atoms with Gasteiger partial charge in [0.15, 0.2) is 0 Å². The van der Waals surface area contributed by atoms with Crippen LogP contribution in [0.25, 0.3) is 0 Å². The number of hydrogen-bond acceptors (Lipinski definition) is 3. The fourth-order valence-electron chi connectivity index (χ4n) is 1.51. The minimum Gasteiger partial charge on any atom is -0.358 e. The average Bonchev–Trinajstić information content (AvgIpc) is 2.36. The van der Waals surface area contributed by atoms with E-state index in [9.17, 15) is 4.79 Å². The van der Waals surface area contributed by atoms with Gasteiger partial charge in [-0.05, 0) is 45.4 Å². The van der Waals surface area contributed by atoms with Crippen molar-refractivity contribution < 1.29 is 4.79 Å². The van der Waals surface area contributed by atoms with Crippen molar-refractivity contribution in [2.75, 3.05) is 7.05 Å². The van der Waals surface area contributed by atoms with Gasteiger partial charge in [-0.15, -0.1) is 11.8 Å². The number of carbonyl (C=O) groups excluding carboxylic acids is 1. The van der Waals surface area contributed by atoms with Crippen LogP contribution in [0.4, 0.5) is 0 Å². The number of benzene rings is 1. The Bertz CT molecular complexity index is 409. The fraction of sp³-hybridized carbons (Fsp3) is 0.533. The highest BCUT2D eigenvalue weighted by molar-refractivity contribution is 8.00. The molecular formula is C15H24N2OS. The van der Waals surface area contributed by atoms with E-state index in [-0.39, 0.29) is 16.7 Å². The molecule has 19 heavy (non-hydrogen) atoms. The van der Waals surface area contributed by atoms with Gasteiger partial charge in [0.05, 0.1) is 5.25 Å². The molecule has 0 saturated heterocycles. The molecule has 0 spiro atoms. The average molecular weight is 280 g/mol. The first-order valence-corrected chi connectivity index (χ1v) is 7.42. The lowest BCUT2D eigenvalue weighted by Gasteiger charge is -2.20. The summed E-state index contributed by atoms with van der Waals surface area (Å²) in [6.07, 6.45) is 0. The van der Waals surface area contributed by atoms with Crippen LogP contribution < -0.4 is 10.6 Å². The van der Waals surface area contributed by atoms with Crippen molar-refractivity contribution in [3.63, 3.8) is 0 Å². The predicted octanol–water partition coefficient (Wildman–Crippen LogP) is 2.80. The van der Waals surface area contributed by atoms with Crippen molar-refractivity contribution >= 4 is 17.7 Å². The molecule has 0 bridgehead atoms. The molecule has 1 aromatic rings. The lowest BCUT2D eigenvalue weighted by Crippen LogP contribution is -2.35. The number of rotatable bonds is 5. The second-order valence-electron chi connectivity index (χ2n) is 5.62. The molecule has 0 heterocycles. The molecule has 0 radical (unpaired) electrons. The molecule has 1 unspecified atom stereocenters. The second-order valence-corrected chi connectivity index (χ2v) is 7.04. The topological polar surface area (TPSA) is 41.1 Å². The van der Waals surface area contributed by atoms with Crippen LogP contribution in [0.2, 0.25) is 0 Å². The van der Waals surface area contributed by atoms with Crippen LogP contribution >= 0.6 is 11.8 Å². The van der Waals surface area contributed by atoms with Gasteiger partial charge in [-0.3, -0.25) is 4.79 Å². The summed E-state index contributed by atoms with van der Waals surface area (Å²) in [5.74, 6) is 0.0588. The molecule has 0 saturated carbocycles. The van der Waals surface area contributed by atoms with Crippen LogP contribution in [-0.2, 0) is 11.3 Å². The normalized spacial score (nSPS) is 13.1. The van der Waals surface area contributed by atoms with E-state index in [1.165, 1.54) is 5.56 Å². The summed E-state index contributed by atoms with van der Waals surface area (Å²) in [6.45, 7) is 9.24. The van der Waals surface area contributed by atoms with Crippen molar-refractivity contribution in [3.05, 3.63) is 29.8 Å². The summed E-state index contributed by atoms with van der Waals surface area (Å²) >= 11 is 1.58. The summed E-state index contributed by atoms with van der Waals surface area (Å²) in [6, 6.07) is 8.36. The summed E-state index contributed by atoms with van der Waals surface area (Å²) in [4.78, 5) is 12.6. The van der Waals surface area contributed by atoms with E-state index in [0.29, 0.717) is 0 Å². The molecule has 1 rings (SSSR count). The lowest BCUT2D eigenvalue weighted by molar-refractivity contribution is -0.119. The van der Waals surface area contributed by atoms with Gasteiger partial charge in [-0.1, -0.05) is 12.1 Å². The van der Waals surface area contributed by atoms with Gasteiger partial charge in [-0.2, -0.15) is 0 Å². The molecule has 106 valence electrons. The molecule has 1 atom stereocenters. The van der Waals surface area contributed by atoms with Crippen molar-refractivity contribution in [2.24, 2.45) is 0 Å². The fourth-order valence-corrected chi connectivity index (χ4v) is 2.44. The van der Waals surface area contributed by atoms with Crippen LogP contribution in [-0.4, -0.2) is 23.7 Å². The van der Waals surface area contributed by atoms with Crippen molar-refractivity contribution in [1.29, 1.82) is 0 Å². The highest BCUT2D eigenvalue weighted by atomic mass is 32.2. The highest BCUT2D eigenvalue weighted by Crippen LogP contribution is 2.23. The first-order chi connectivity index (χ1) is 8.81. The Hall–Kier alpha value is -1.00. The zero-order valence-corrected chi connectivity index (χ0v) is 13.2. The van der Waals surface area contributed by atoms with Gasteiger partial charge in [0, 0.05) is 24.0 Å². The highest BCUT2D eigenvalue weighted by Gasteiger charge is 2.12. The largest absolute Gasteiger partial charge is 0.358 e. The number of nitrogens with one attached hydrogen (secondary N) is 2. The Labute approximate surface area is 120 Å². The van der Waals surface area contributed by atoms with Gasteiger partial charge in [0.25, 0.3) is 0 Å². The maximum Gasteiger partial charge on any atom is 0.232 e. The third kappa shape index (κ3) is 6.12. The van der Waals surface area contributed by atoms with Gasteiger partial charge in [0.1, 0.15) is 0 Å². The Morgan fingerprint density at radius 1 is 1.26 bits per heavy atom.